The molecular formula is C23H25N3O6. The van der Waals surface area contributed by atoms with Gasteiger partial charge in [-0.1, -0.05) is 31.2 Å². The number of aliphatic hydroxyl groups is 1. The molecule has 2 heterocycles. The Morgan fingerprint density at radius 2 is 1.91 bits per heavy atom. The summed E-state index contributed by atoms with van der Waals surface area (Å²) in [5.74, 6) is -2.38. The first-order valence-electron chi connectivity index (χ1n) is 10.4. The Kier molecular flexibility index (Phi) is 5.52. The average molecular weight is 439 g/mol. The minimum absolute atomic E-state index is 0.00628. The number of primary amides is 1. The lowest BCUT2D eigenvalue weighted by atomic mass is 9.78. The first-order valence-corrected chi connectivity index (χ1v) is 10.4. The predicted molar refractivity (Wildman–Crippen MR) is 117 cm³/mol. The number of benzene rings is 2. The molecule has 9 nitrogen and oxygen atoms in total. The summed E-state index contributed by atoms with van der Waals surface area (Å²) < 4.78 is 6.05. The standard InChI is InChI=1S/C23H25N3O6/c1-11-15(21(23(30)31)26-20(11)19(12(2)27)22(26)29)10-32-17-8-4-5-13-14(17)6-3-7-16(13)25-9-18(24)28/h3-8,11-12,19-20,25,27H,9-10H2,1-2H3,(H2,24,28)(H,30,31)/t11-,12+,19?,20?/m0/s1. The van der Waals surface area contributed by atoms with Crippen LogP contribution in [0.2, 0.25) is 0 Å². The fourth-order valence-electron chi connectivity index (χ4n) is 4.73. The predicted octanol–water partition coefficient (Wildman–Crippen LogP) is 1.31. The summed E-state index contributed by atoms with van der Waals surface area (Å²) in [4.78, 5) is 36.8. The number of hydrogen-bond donors (Lipinski definition) is 4. The van der Waals surface area contributed by atoms with Gasteiger partial charge in [0.15, 0.2) is 0 Å². The number of nitrogens with one attached hydrogen (secondary N) is 1. The van der Waals surface area contributed by atoms with Gasteiger partial charge in [-0.15, -0.1) is 0 Å². The Morgan fingerprint density at radius 3 is 2.56 bits per heavy atom. The van der Waals surface area contributed by atoms with E-state index >= 15 is 0 Å². The summed E-state index contributed by atoms with van der Waals surface area (Å²) in [5.41, 5.74) is 6.40. The molecule has 0 aliphatic carbocycles. The summed E-state index contributed by atoms with van der Waals surface area (Å²) in [5, 5.41) is 24.3. The summed E-state index contributed by atoms with van der Waals surface area (Å²) in [7, 11) is 0. The van der Waals surface area contributed by atoms with E-state index in [9.17, 15) is 24.6 Å². The van der Waals surface area contributed by atoms with Gasteiger partial charge in [0, 0.05) is 28.0 Å². The van der Waals surface area contributed by atoms with Gasteiger partial charge in [-0.3, -0.25) is 9.59 Å². The first kappa shape index (κ1) is 21.6. The third kappa shape index (κ3) is 3.44. The molecule has 2 aromatic rings. The number of carbonyl (C=O) groups is 3. The highest BCUT2D eigenvalue weighted by Crippen LogP contribution is 2.47. The van der Waals surface area contributed by atoms with Crippen molar-refractivity contribution in [3.63, 3.8) is 0 Å². The minimum Gasteiger partial charge on any atom is -0.488 e. The zero-order valence-corrected chi connectivity index (χ0v) is 17.7. The monoisotopic (exact) mass is 439 g/mol. The van der Waals surface area contributed by atoms with Gasteiger partial charge in [0.25, 0.3) is 0 Å². The zero-order chi connectivity index (χ0) is 23.2. The van der Waals surface area contributed by atoms with Crippen LogP contribution in [0, 0.1) is 11.8 Å². The Balaban J connectivity index is 1.62. The van der Waals surface area contributed by atoms with Crippen molar-refractivity contribution in [2.24, 2.45) is 17.6 Å². The molecule has 32 heavy (non-hydrogen) atoms. The van der Waals surface area contributed by atoms with Crippen LogP contribution in [0.25, 0.3) is 10.8 Å². The maximum Gasteiger partial charge on any atom is 0.352 e. The molecular weight excluding hydrogens is 414 g/mol. The second-order valence-electron chi connectivity index (χ2n) is 8.20. The van der Waals surface area contributed by atoms with Crippen LogP contribution in [0.4, 0.5) is 5.69 Å². The van der Waals surface area contributed by atoms with Crippen LogP contribution in [0.1, 0.15) is 13.8 Å². The lowest BCUT2D eigenvalue weighted by Crippen LogP contribution is -2.63. The van der Waals surface area contributed by atoms with Crippen molar-refractivity contribution in [3.05, 3.63) is 47.7 Å². The van der Waals surface area contributed by atoms with Gasteiger partial charge in [0.05, 0.1) is 24.6 Å². The van der Waals surface area contributed by atoms with Crippen LogP contribution >= 0.6 is 0 Å². The van der Waals surface area contributed by atoms with Crippen molar-refractivity contribution >= 4 is 34.2 Å². The molecule has 2 aliphatic heterocycles. The summed E-state index contributed by atoms with van der Waals surface area (Å²) in [6.07, 6.45) is -0.856. The van der Waals surface area contributed by atoms with Crippen molar-refractivity contribution < 1.29 is 29.3 Å². The molecule has 1 saturated heterocycles. The number of ether oxygens (including phenoxy) is 1. The Bertz CT molecular complexity index is 1140. The fraction of sp³-hybridized carbons (Fsp3) is 0.348. The van der Waals surface area contributed by atoms with Gasteiger partial charge in [-0.05, 0) is 19.1 Å². The topological polar surface area (TPSA) is 142 Å². The van der Waals surface area contributed by atoms with Crippen molar-refractivity contribution in [1.82, 2.24) is 4.90 Å². The van der Waals surface area contributed by atoms with Crippen molar-refractivity contribution in [1.29, 1.82) is 0 Å². The maximum absolute atomic E-state index is 12.5. The van der Waals surface area contributed by atoms with Gasteiger partial charge >= 0.3 is 5.97 Å². The maximum atomic E-state index is 12.5. The van der Waals surface area contributed by atoms with Crippen molar-refractivity contribution in [2.75, 3.05) is 18.5 Å². The van der Waals surface area contributed by atoms with E-state index in [1.807, 2.05) is 31.2 Å². The first-order chi connectivity index (χ1) is 15.2. The fourth-order valence-corrected chi connectivity index (χ4v) is 4.73. The third-order valence-corrected chi connectivity index (χ3v) is 6.24. The van der Waals surface area contributed by atoms with Gasteiger partial charge in [0.2, 0.25) is 11.8 Å². The molecule has 0 spiro atoms. The van der Waals surface area contributed by atoms with Gasteiger partial charge in [-0.2, -0.15) is 0 Å². The number of aliphatic carboxylic acids is 1. The van der Waals surface area contributed by atoms with E-state index in [0.717, 1.165) is 16.5 Å². The molecule has 0 aromatic heterocycles. The molecule has 2 aliphatic rings. The Hall–Kier alpha value is -3.59. The number of β-lactam (4-membered cyclic amide) rings is 1. The van der Waals surface area contributed by atoms with E-state index in [0.29, 0.717) is 11.3 Å². The minimum atomic E-state index is -1.19. The molecule has 9 heteroatoms. The summed E-state index contributed by atoms with van der Waals surface area (Å²) in [6.45, 7) is 3.38. The number of hydrogen-bond acceptors (Lipinski definition) is 6. The highest BCUT2D eigenvalue weighted by molar-refractivity contribution is 6.00. The molecule has 5 N–H and O–H groups in total. The lowest BCUT2D eigenvalue weighted by molar-refractivity contribution is -0.163. The average Bonchev–Trinajstić information content (AvgIpc) is 2.98. The van der Waals surface area contributed by atoms with Crippen LogP contribution in [0.3, 0.4) is 0 Å². The molecule has 1 fully saturated rings. The lowest BCUT2D eigenvalue weighted by Gasteiger charge is -2.46. The van der Waals surface area contributed by atoms with Crippen LogP contribution < -0.4 is 15.8 Å². The quantitative estimate of drug-likeness (QED) is 0.454. The molecule has 4 atom stereocenters. The zero-order valence-electron chi connectivity index (χ0n) is 17.7. The van der Waals surface area contributed by atoms with Crippen LogP contribution in [-0.4, -0.2) is 58.2 Å². The largest absolute Gasteiger partial charge is 0.488 e. The van der Waals surface area contributed by atoms with Gasteiger partial charge in [-0.25, -0.2) is 4.79 Å². The number of nitrogens with zero attached hydrogens (tertiary/aromatic N) is 1. The van der Waals surface area contributed by atoms with Crippen LogP contribution in [0.5, 0.6) is 5.75 Å². The number of aliphatic hydroxyl groups excluding tert-OH is 1. The van der Waals surface area contributed by atoms with E-state index in [2.05, 4.69) is 5.32 Å². The van der Waals surface area contributed by atoms with Crippen LogP contribution in [0.15, 0.2) is 47.7 Å². The molecule has 0 bridgehead atoms. The summed E-state index contributed by atoms with van der Waals surface area (Å²) in [6, 6.07) is 10.6. The number of carboxylic acids is 1. The Labute approximate surface area is 184 Å². The number of carbonyl (C=O) groups excluding carboxylic acids is 2. The second kappa shape index (κ2) is 8.16. The van der Waals surface area contributed by atoms with E-state index in [1.165, 1.54) is 4.90 Å². The number of amides is 2. The van der Waals surface area contributed by atoms with Crippen molar-refractivity contribution in [2.45, 2.75) is 26.0 Å². The third-order valence-electron chi connectivity index (χ3n) is 6.24. The van der Waals surface area contributed by atoms with E-state index in [1.54, 1.807) is 19.1 Å². The normalized spacial score (nSPS) is 23.0. The molecule has 2 amide bonds. The molecule has 0 radical (unpaired) electrons. The summed E-state index contributed by atoms with van der Waals surface area (Å²) >= 11 is 0. The van der Waals surface area contributed by atoms with Crippen LogP contribution in [-0.2, 0) is 14.4 Å². The SMILES string of the molecule is C[C@@H](O)C1C(=O)N2C(C(=O)O)=C(COc3cccc4c(NCC(N)=O)cccc34)[C@H](C)C12. The molecule has 2 unspecified atom stereocenters. The second-order valence-corrected chi connectivity index (χ2v) is 8.20. The van der Waals surface area contributed by atoms with Gasteiger partial charge in [0.1, 0.15) is 18.1 Å². The highest BCUT2D eigenvalue weighted by Gasteiger charge is 2.59. The smallest absolute Gasteiger partial charge is 0.352 e. The number of nitrogens with two attached hydrogens (primary N) is 1. The van der Waals surface area contributed by atoms with E-state index < -0.39 is 23.9 Å². The molecule has 4 rings (SSSR count). The molecule has 0 saturated carbocycles. The number of anilines is 1. The van der Waals surface area contributed by atoms with Gasteiger partial charge < -0.3 is 30.9 Å². The number of rotatable bonds is 8. The number of fused-ring (bicyclic) bond motifs is 2. The Morgan fingerprint density at radius 1 is 1.22 bits per heavy atom. The van der Waals surface area contributed by atoms with E-state index in [4.69, 9.17) is 10.5 Å². The molecule has 168 valence electrons. The highest BCUT2D eigenvalue weighted by atomic mass is 16.5. The number of carboxylic acid groups (broad SMARTS) is 1. The molecule has 2 aromatic carbocycles. The van der Waals surface area contributed by atoms with Crippen molar-refractivity contribution in [3.8, 4) is 5.75 Å². The van der Waals surface area contributed by atoms with E-state index in [-0.39, 0.29) is 36.7 Å².